The summed E-state index contributed by atoms with van der Waals surface area (Å²) < 4.78 is 28.2. The van der Waals surface area contributed by atoms with Crippen LogP contribution in [0.5, 0.6) is 0 Å². The highest BCUT2D eigenvalue weighted by molar-refractivity contribution is 5.75. The standard InChI is InChI=1S/C15H13F2N3O3/c1-2-4-9(12(22)7-8-21)14-18-19-15(23)20(14)11-6-3-5-10(16)13(11)17/h2-7,21-22H,1,8H2,(H,19,23)/b9-4+,12-7+. The minimum atomic E-state index is -1.24. The lowest BCUT2D eigenvalue weighted by Crippen LogP contribution is -2.18. The third kappa shape index (κ3) is 3.11. The molecule has 0 saturated heterocycles. The molecule has 0 amide bonds. The van der Waals surface area contributed by atoms with E-state index in [9.17, 15) is 18.7 Å². The summed E-state index contributed by atoms with van der Waals surface area (Å²) >= 11 is 0. The van der Waals surface area contributed by atoms with Crippen LogP contribution >= 0.6 is 0 Å². The van der Waals surface area contributed by atoms with E-state index in [1.807, 2.05) is 0 Å². The number of halogens is 2. The minimum Gasteiger partial charge on any atom is -0.507 e. The second-order valence-electron chi connectivity index (χ2n) is 4.35. The minimum absolute atomic E-state index is 0.00365. The van der Waals surface area contributed by atoms with Crippen molar-refractivity contribution >= 4 is 5.57 Å². The Kier molecular flexibility index (Phi) is 4.87. The van der Waals surface area contributed by atoms with Crippen LogP contribution in [0.1, 0.15) is 5.82 Å². The summed E-state index contributed by atoms with van der Waals surface area (Å²) in [7, 11) is 0. The highest BCUT2D eigenvalue weighted by Crippen LogP contribution is 2.23. The number of nitrogens with one attached hydrogen (secondary N) is 1. The molecule has 0 unspecified atom stereocenters. The average Bonchev–Trinajstić information content (AvgIpc) is 2.89. The van der Waals surface area contributed by atoms with Crippen LogP contribution in [-0.2, 0) is 0 Å². The molecule has 0 aliphatic carbocycles. The number of nitrogens with zero attached hydrogens (tertiary/aromatic N) is 2. The summed E-state index contributed by atoms with van der Waals surface area (Å²) in [5, 5.41) is 24.7. The SMILES string of the molecule is C=C/C=C(\C(O)=C/CO)c1n[nH]c(=O)n1-c1cccc(F)c1F. The van der Waals surface area contributed by atoms with Gasteiger partial charge in [-0.15, -0.1) is 0 Å². The first-order chi connectivity index (χ1) is 11.0. The molecular formula is C15H13F2N3O3. The van der Waals surface area contributed by atoms with Gasteiger partial charge in [0.05, 0.1) is 17.9 Å². The quantitative estimate of drug-likeness (QED) is 0.579. The fourth-order valence-electron chi connectivity index (χ4n) is 1.95. The van der Waals surface area contributed by atoms with Gasteiger partial charge in [0.15, 0.2) is 17.5 Å². The van der Waals surface area contributed by atoms with Gasteiger partial charge in [-0.05, 0) is 24.3 Å². The van der Waals surface area contributed by atoms with Crippen molar-refractivity contribution in [2.75, 3.05) is 6.61 Å². The second-order valence-corrected chi connectivity index (χ2v) is 4.35. The number of hydrogen-bond acceptors (Lipinski definition) is 4. The van der Waals surface area contributed by atoms with Crippen molar-refractivity contribution in [2.24, 2.45) is 0 Å². The molecule has 2 rings (SSSR count). The number of aliphatic hydroxyl groups excluding tert-OH is 2. The topological polar surface area (TPSA) is 91.1 Å². The van der Waals surface area contributed by atoms with Crippen molar-refractivity contribution in [1.82, 2.24) is 14.8 Å². The lowest BCUT2D eigenvalue weighted by atomic mass is 10.1. The Morgan fingerprint density at radius 1 is 1.43 bits per heavy atom. The predicted octanol–water partition coefficient (Wildman–Crippen LogP) is 1.84. The maximum Gasteiger partial charge on any atom is 0.348 e. The first kappa shape index (κ1) is 16.4. The Morgan fingerprint density at radius 2 is 2.17 bits per heavy atom. The lowest BCUT2D eigenvalue weighted by Gasteiger charge is -2.09. The fraction of sp³-hybridized carbons (Fsp3) is 0.0667. The highest BCUT2D eigenvalue weighted by atomic mass is 19.2. The number of allylic oxidation sites excluding steroid dienone is 3. The van der Waals surface area contributed by atoms with Gasteiger partial charge in [-0.25, -0.2) is 23.2 Å². The van der Waals surface area contributed by atoms with Crippen molar-refractivity contribution < 1.29 is 19.0 Å². The molecule has 2 aromatic rings. The zero-order valence-corrected chi connectivity index (χ0v) is 11.8. The molecule has 0 saturated carbocycles. The van der Waals surface area contributed by atoms with Crippen LogP contribution in [0.3, 0.4) is 0 Å². The molecule has 0 bridgehead atoms. The molecule has 120 valence electrons. The number of H-pyrrole nitrogens is 1. The van der Waals surface area contributed by atoms with Gasteiger partial charge in [-0.1, -0.05) is 18.7 Å². The Bertz CT molecular complexity index is 850. The van der Waals surface area contributed by atoms with E-state index in [0.717, 1.165) is 16.7 Å². The van der Waals surface area contributed by atoms with Crippen LogP contribution in [-0.4, -0.2) is 31.6 Å². The Morgan fingerprint density at radius 3 is 2.83 bits per heavy atom. The van der Waals surface area contributed by atoms with Gasteiger partial charge in [0, 0.05) is 0 Å². The molecule has 1 aromatic carbocycles. The van der Waals surface area contributed by atoms with E-state index < -0.39 is 29.7 Å². The van der Waals surface area contributed by atoms with Gasteiger partial charge >= 0.3 is 5.69 Å². The van der Waals surface area contributed by atoms with Crippen molar-refractivity contribution in [1.29, 1.82) is 0 Å². The molecule has 0 atom stereocenters. The molecule has 6 nitrogen and oxygen atoms in total. The first-order valence-electron chi connectivity index (χ1n) is 6.46. The Labute approximate surface area is 129 Å². The van der Waals surface area contributed by atoms with Crippen LogP contribution in [0.25, 0.3) is 11.3 Å². The molecule has 0 spiro atoms. The maximum absolute atomic E-state index is 14.0. The van der Waals surface area contributed by atoms with Gasteiger partial charge in [0.2, 0.25) is 0 Å². The Hall–Kier alpha value is -3.00. The van der Waals surface area contributed by atoms with Crippen LogP contribution in [0, 0.1) is 11.6 Å². The molecule has 3 N–H and O–H groups in total. The normalized spacial score (nSPS) is 12.5. The lowest BCUT2D eigenvalue weighted by molar-refractivity contribution is 0.333. The number of benzene rings is 1. The third-order valence-electron chi connectivity index (χ3n) is 2.93. The summed E-state index contributed by atoms with van der Waals surface area (Å²) in [6.07, 6.45) is 3.67. The number of hydrogen-bond donors (Lipinski definition) is 3. The van der Waals surface area contributed by atoms with E-state index in [0.29, 0.717) is 0 Å². The average molecular weight is 321 g/mol. The van der Waals surface area contributed by atoms with E-state index in [1.54, 1.807) is 0 Å². The number of rotatable bonds is 5. The predicted molar refractivity (Wildman–Crippen MR) is 80.1 cm³/mol. The zero-order valence-electron chi connectivity index (χ0n) is 11.8. The van der Waals surface area contributed by atoms with Gasteiger partial charge < -0.3 is 10.2 Å². The molecule has 1 aromatic heterocycles. The van der Waals surface area contributed by atoms with E-state index >= 15 is 0 Å². The first-order valence-corrected chi connectivity index (χ1v) is 6.46. The van der Waals surface area contributed by atoms with Gasteiger partial charge in [-0.3, -0.25) is 0 Å². The molecule has 8 heteroatoms. The summed E-state index contributed by atoms with van der Waals surface area (Å²) in [5.41, 5.74) is -1.20. The monoisotopic (exact) mass is 321 g/mol. The van der Waals surface area contributed by atoms with Crippen LogP contribution in [0.15, 0.2) is 53.6 Å². The molecule has 0 aliphatic rings. The number of aromatic amines is 1. The third-order valence-corrected chi connectivity index (χ3v) is 2.93. The highest BCUT2D eigenvalue weighted by Gasteiger charge is 2.20. The summed E-state index contributed by atoms with van der Waals surface area (Å²) in [5.74, 6) is -2.93. The largest absolute Gasteiger partial charge is 0.507 e. The van der Waals surface area contributed by atoms with Crippen LogP contribution in [0.2, 0.25) is 0 Å². The van der Waals surface area contributed by atoms with Gasteiger partial charge in [-0.2, -0.15) is 5.10 Å². The number of aromatic nitrogens is 3. The van der Waals surface area contributed by atoms with Gasteiger partial charge in [0.1, 0.15) is 5.76 Å². The van der Waals surface area contributed by atoms with Crippen molar-refractivity contribution in [3.8, 4) is 5.69 Å². The molecule has 1 heterocycles. The summed E-state index contributed by atoms with van der Waals surface area (Å²) in [4.78, 5) is 11.9. The second kappa shape index (κ2) is 6.84. The van der Waals surface area contributed by atoms with E-state index in [4.69, 9.17) is 5.11 Å². The van der Waals surface area contributed by atoms with Crippen LogP contribution < -0.4 is 5.69 Å². The molecule has 0 fully saturated rings. The van der Waals surface area contributed by atoms with E-state index in [1.165, 1.54) is 24.3 Å². The summed E-state index contributed by atoms with van der Waals surface area (Å²) in [6, 6.07) is 3.34. The van der Waals surface area contributed by atoms with Crippen LogP contribution in [0.4, 0.5) is 8.78 Å². The molecule has 0 aliphatic heterocycles. The number of aliphatic hydroxyl groups is 2. The van der Waals surface area contributed by atoms with Crippen molar-refractivity contribution in [2.45, 2.75) is 0 Å². The molecular weight excluding hydrogens is 308 g/mol. The van der Waals surface area contributed by atoms with Gasteiger partial charge in [0.25, 0.3) is 0 Å². The molecule has 0 radical (unpaired) electrons. The smallest absolute Gasteiger partial charge is 0.348 e. The van der Waals surface area contributed by atoms with E-state index in [2.05, 4.69) is 16.8 Å². The molecule has 23 heavy (non-hydrogen) atoms. The Balaban J connectivity index is 2.74. The fourth-order valence-corrected chi connectivity index (χ4v) is 1.95. The van der Waals surface area contributed by atoms with Crippen molar-refractivity contribution in [3.05, 3.63) is 76.7 Å². The zero-order chi connectivity index (χ0) is 17.0. The van der Waals surface area contributed by atoms with E-state index in [-0.39, 0.29) is 17.1 Å². The maximum atomic E-state index is 14.0. The summed E-state index contributed by atoms with van der Waals surface area (Å²) in [6.45, 7) is 3.00. The van der Waals surface area contributed by atoms with Crippen molar-refractivity contribution in [3.63, 3.8) is 0 Å².